The highest BCUT2D eigenvalue weighted by atomic mass is 35.5. The number of anilines is 1. The molecule has 0 unspecified atom stereocenters. The molecule has 0 aliphatic heterocycles. The molecule has 6 nitrogen and oxygen atoms in total. The van der Waals surface area contributed by atoms with Crippen molar-refractivity contribution in [2.24, 2.45) is 0 Å². The molecule has 0 aliphatic carbocycles. The summed E-state index contributed by atoms with van der Waals surface area (Å²) < 4.78 is 5.42. The summed E-state index contributed by atoms with van der Waals surface area (Å²) in [4.78, 5) is 14.0. The Bertz CT molecular complexity index is 421. The number of ether oxygens (including phenoxy) is 1. The van der Waals surface area contributed by atoms with Gasteiger partial charge in [-0.15, -0.1) is 0 Å². The van der Waals surface area contributed by atoms with Gasteiger partial charge >= 0.3 is 6.01 Å². The van der Waals surface area contributed by atoms with Gasteiger partial charge in [-0.1, -0.05) is 0 Å². The first-order valence-electron chi connectivity index (χ1n) is 6.27. The molecule has 0 spiro atoms. The van der Waals surface area contributed by atoms with E-state index in [9.17, 15) is 5.11 Å². The highest BCUT2D eigenvalue weighted by molar-refractivity contribution is 6.28. The fourth-order valence-electron chi connectivity index (χ4n) is 1.52. The molecule has 0 fully saturated rings. The van der Waals surface area contributed by atoms with Gasteiger partial charge in [0.2, 0.25) is 11.2 Å². The maximum Gasteiger partial charge on any atom is 0.322 e. The van der Waals surface area contributed by atoms with Crippen LogP contribution in [0, 0.1) is 0 Å². The van der Waals surface area contributed by atoms with E-state index in [0.29, 0.717) is 19.0 Å². The Morgan fingerprint density at radius 2 is 1.95 bits per heavy atom. The van der Waals surface area contributed by atoms with Crippen LogP contribution >= 0.6 is 11.6 Å². The average molecular weight is 289 g/mol. The van der Waals surface area contributed by atoms with Gasteiger partial charge in [0, 0.05) is 13.1 Å². The third-order valence-electron chi connectivity index (χ3n) is 2.16. The minimum absolute atomic E-state index is 0.0457. The van der Waals surface area contributed by atoms with Crippen LogP contribution in [0.25, 0.3) is 0 Å². The summed E-state index contributed by atoms with van der Waals surface area (Å²) in [5.41, 5.74) is -0.853. The molecule has 0 radical (unpaired) electrons. The molecule has 0 saturated heterocycles. The van der Waals surface area contributed by atoms with Crippen molar-refractivity contribution < 1.29 is 9.84 Å². The SMILES string of the molecule is CCN(CC(C)(C)O)c1nc(Cl)nc(OC(C)C)n1. The summed E-state index contributed by atoms with van der Waals surface area (Å²) >= 11 is 5.87. The number of hydrogen-bond acceptors (Lipinski definition) is 6. The number of halogens is 1. The van der Waals surface area contributed by atoms with Crippen LogP contribution < -0.4 is 9.64 Å². The van der Waals surface area contributed by atoms with Crippen LogP contribution in [-0.2, 0) is 0 Å². The number of nitrogens with zero attached hydrogens (tertiary/aromatic N) is 4. The van der Waals surface area contributed by atoms with Gasteiger partial charge in [-0.3, -0.25) is 0 Å². The zero-order valence-corrected chi connectivity index (χ0v) is 12.8. The van der Waals surface area contributed by atoms with Gasteiger partial charge < -0.3 is 14.7 Å². The van der Waals surface area contributed by atoms with Crippen molar-refractivity contribution in [3.63, 3.8) is 0 Å². The zero-order chi connectivity index (χ0) is 14.6. The van der Waals surface area contributed by atoms with Crippen LogP contribution in [0.5, 0.6) is 6.01 Å². The molecule has 0 atom stereocenters. The van der Waals surface area contributed by atoms with E-state index in [1.807, 2.05) is 25.7 Å². The van der Waals surface area contributed by atoms with Gasteiger partial charge in [0.15, 0.2) is 0 Å². The van der Waals surface area contributed by atoms with E-state index in [0.717, 1.165) is 0 Å². The lowest BCUT2D eigenvalue weighted by Gasteiger charge is -2.28. The predicted octanol–water partition coefficient (Wildman–Crippen LogP) is 1.91. The number of likely N-dealkylation sites (N-methyl/N-ethyl adjacent to an activating group) is 1. The van der Waals surface area contributed by atoms with Crippen LogP contribution in [-0.4, -0.2) is 44.9 Å². The smallest absolute Gasteiger partial charge is 0.322 e. The second kappa shape index (κ2) is 6.34. The van der Waals surface area contributed by atoms with Gasteiger partial charge in [-0.25, -0.2) is 0 Å². The second-order valence-corrected chi connectivity index (χ2v) is 5.52. The molecule has 0 aromatic carbocycles. The third kappa shape index (κ3) is 5.57. The Labute approximate surface area is 118 Å². The molecular formula is C12H21ClN4O2. The average Bonchev–Trinajstić information content (AvgIpc) is 2.22. The van der Waals surface area contributed by atoms with Crippen molar-refractivity contribution >= 4 is 17.5 Å². The number of aliphatic hydroxyl groups is 1. The van der Waals surface area contributed by atoms with Gasteiger partial charge in [0.05, 0.1) is 11.7 Å². The lowest BCUT2D eigenvalue weighted by Crippen LogP contribution is -2.39. The molecule has 1 aromatic rings. The van der Waals surface area contributed by atoms with Gasteiger partial charge in [-0.05, 0) is 46.2 Å². The quantitative estimate of drug-likeness (QED) is 0.862. The van der Waals surface area contributed by atoms with E-state index in [4.69, 9.17) is 16.3 Å². The number of rotatable bonds is 6. The standard InChI is InChI=1S/C12H21ClN4O2/c1-6-17(7-12(4,5)18)10-14-9(13)15-11(16-10)19-8(2)3/h8,18H,6-7H2,1-5H3. The predicted molar refractivity (Wildman–Crippen MR) is 74.8 cm³/mol. The molecule has 0 amide bonds. The van der Waals surface area contributed by atoms with Crippen molar-refractivity contribution in [3.8, 4) is 6.01 Å². The van der Waals surface area contributed by atoms with Crippen molar-refractivity contribution in [3.05, 3.63) is 5.28 Å². The van der Waals surface area contributed by atoms with Gasteiger partial charge in [-0.2, -0.15) is 15.0 Å². The van der Waals surface area contributed by atoms with Crippen molar-refractivity contribution in [1.82, 2.24) is 15.0 Å². The van der Waals surface area contributed by atoms with Gasteiger partial charge in [0.25, 0.3) is 0 Å². The summed E-state index contributed by atoms with van der Waals surface area (Å²) in [6.45, 7) is 10.2. The first kappa shape index (κ1) is 15.9. The minimum Gasteiger partial charge on any atom is -0.461 e. The monoisotopic (exact) mass is 288 g/mol. The summed E-state index contributed by atoms with van der Waals surface area (Å²) in [5, 5.41) is 9.97. The third-order valence-corrected chi connectivity index (χ3v) is 2.33. The van der Waals surface area contributed by atoms with Crippen molar-refractivity contribution in [1.29, 1.82) is 0 Å². The van der Waals surface area contributed by atoms with E-state index in [1.54, 1.807) is 13.8 Å². The lowest BCUT2D eigenvalue weighted by molar-refractivity contribution is 0.0871. The maximum absolute atomic E-state index is 9.89. The summed E-state index contributed by atoms with van der Waals surface area (Å²) in [6, 6.07) is 0.194. The largest absolute Gasteiger partial charge is 0.461 e. The molecular weight excluding hydrogens is 268 g/mol. The first-order valence-corrected chi connectivity index (χ1v) is 6.64. The van der Waals surface area contributed by atoms with E-state index < -0.39 is 5.60 Å². The van der Waals surface area contributed by atoms with Crippen LogP contribution in [0.3, 0.4) is 0 Å². The van der Waals surface area contributed by atoms with Crippen molar-refractivity contribution in [2.75, 3.05) is 18.0 Å². The zero-order valence-electron chi connectivity index (χ0n) is 12.0. The summed E-state index contributed by atoms with van der Waals surface area (Å²) in [5.74, 6) is 0.403. The molecule has 7 heteroatoms. The van der Waals surface area contributed by atoms with E-state index in [2.05, 4.69) is 15.0 Å². The topological polar surface area (TPSA) is 71.4 Å². The summed E-state index contributed by atoms with van der Waals surface area (Å²) in [6.07, 6.45) is -0.0457. The second-order valence-electron chi connectivity index (χ2n) is 5.18. The van der Waals surface area contributed by atoms with E-state index in [-0.39, 0.29) is 17.4 Å². The molecule has 0 saturated carbocycles. The first-order chi connectivity index (χ1) is 8.71. The summed E-state index contributed by atoms with van der Waals surface area (Å²) in [7, 11) is 0. The molecule has 1 aromatic heterocycles. The normalized spacial score (nSPS) is 11.8. The van der Waals surface area contributed by atoms with Crippen LogP contribution in [0.4, 0.5) is 5.95 Å². The van der Waals surface area contributed by atoms with Crippen molar-refractivity contribution in [2.45, 2.75) is 46.3 Å². The number of aromatic nitrogens is 3. The van der Waals surface area contributed by atoms with Crippen LogP contribution in [0.2, 0.25) is 5.28 Å². The maximum atomic E-state index is 9.89. The Morgan fingerprint density at radius 1 is 1.32 bits per heavy atom. The highest BCUT2D eigenvalue weighted by Crippen LogP contribution is 2.18. The fourth-order valence-corrected chi connectivity index (χ4v) is 1.67. The molecule has 0 bridgehead atoms. The molecule has 1 N–H and O–H groups in total. The minimum atomic E-state index is -0.853. The Kier molecular flexibility index (Phi) is 5.31. The fraction of sp³-hybridized carbons (Fsp3) is 0.750. The van der Waals surface area contributed by atoms with Gasteiger partial charge in [0.1, 0.15) is 0 Å². The Morgan fingerprint density at radius 3 is 2.42 bits per heavy atom. The highest BCUT2D eigenvalue weighted by Gasteiger charge is 2.20. The van der Waals surface area contributed by atoms with E-state index in [1.165, 1.54) is 0 Å². The molecule has 19 heavy (non-hydrogen) atoms. The molecule has 0 aliphatic rings. The molecule has 1 rings (SSSR count). The van der Waals surface area contributed by atoms with Crippen LogP contribution in [0.15, 0.2) is 0 Å². The number of hydrogen-bond donors (Lipinski definition) is 1. The molecule has 108 valence electrons. The lowest BCUT2D eigenvalue weighted by atomic mass is 10.1. The Hall–Kier alpha value is -1.14. The van der Waals surface area contributed by atoms with Crippen LogP contribution in [0.1, 0.15) is 34.6 Å². The van der Waals surface area contributed by atoms with E-state index >= 15 is 0 Å². The molecule has 1 heterocycles. The Balaban J connectivity index is 3.00.